The number of hydrogen-bond donors (Lipinski definition) is 2. The first-order valence-corrected chi connectivity index (χ1v) is 15.3. The molecule has 2 heterocycles. The van der Waals surface area contributed by atoms with Gasteiger partial charge in [0.25, 0.3) is 10.0 Å². The number of likely N-dealkylation sites (N-methyl/N-ethyl adjacent to an activating group) is 1. The third-order valence-corrected chi connectivity index (χ3v) is 9.16. The van der Waals surface area contributed by atoms with Crippen molar-refractivity contribution in [3.05, 3.63) is 125 Å². The molecule has 232 valence electrons. The summed E-state index contributed by atoms with van der Waals surface area (Å²) in [6, 6.07) is 6.99. The van der Waals surface area contributed by atoms with Crippen molar-refractivity contribution < 1.29 is 34.8 Å². The molecule has 0 spiro atoms. The third kappa shape index (κ3) is 6.56. The minimum Gasteiger partial charge on any atom is -0.388 e. The number of nitrogens with one attached hydrogen (secondary N) is 2. The standard InChI is InChI=1S/C31H22F6N4O2S2/c1-17-13-18(7-3-4-11-24(17)38-2)28-27(40-30(44-28)19-14-20(16-39-15-19)31(35,36)37)21-8-5-12-25(26(21)34)41-45(42,43)29-22(32)9-6-10-23(29)33/h3,5-16,38,41H,1,4H2,2H3/b7-3-,18-13+,24-11?. The van der Waals surface area contributed by atoms with Crippen LogP contribution in [-0.4, -0.2) is 25.4 Å². The van der Waals surface area contributed by atoms with E-state index in [1.54, 1.807) is 19.2 Å². The average molecular weight is 661 g/mol. The molecular weight excluding hydrogens is 638 g/mol. The van der Waals surface area contributed by atoms with Crippen molar-refractivity contribution >= 4 is 32.6 Å². The Hall–Kier alpha value is -4.69. The SMILES string of the molecule is C=C1/C=C(c2sc(-c3cncc(C(F)(F)F)c3)nc2-c2cccc(NS(=O)(=O)c3c(F)cccc3F)c2F)\C=C/CC=C1NC. The van der Waals surface area contributed by atoms with E-state index in [-0.39, 0.29) is 21.8 Å². The molecule has 0 fully saturated rings. The lowest BCUT2D eigenvalue weighted by Gasteiger charge is -2.13. The molecule has 5 rings (SSSR count). The van der Waals surface area contributed by atoms with Crippen LogP contribution in [0.5, 0.6) is 0 Å². The van der Waals surface area contributed by atoms with E-state index in [1.807, 2.05) is 16.9 Å². The Morgan fingerprint density at radius 2 is 1.73 bits per heavy atom. The van der Waals surface area contributed by atoms with E-state index in [1.165, 1.54) is 18.3 Å². The van der Waals surface area contributed by atoms with E-state index in [2.05, 4.69) is 21.9 Å². The van der Waals surface area contributed by atoms with Crippen LogP contribution in [0.2, 0.25) is 0 Å². The Kier molecular flexibility index (Phi) is 8.72. The highest BCUT2D eigenvalue weighted by Gasteiger charge is 2.32. The molecular formula is C31H22F6N4O2S2. The van der Waals surface area contributed by atoms with Crippen molar-refractivity contribution in [2.45, 2.75) is 17.5 Å². The summed E-state index contributed by atoms with van der Waals surface area (Å²) >= 11 is 0.965. The fraction of sp³-hybridized carbons (Fsp3) is 0.0968. The van der Waals surface area contributed by atoms with Crippen LogP contribution >= 0.6 is 11.3 Å². The number of sulfonamides is 1. The second-order valence-electron chi connectivity index (χ2n) is 9.61. The summed E-state index contributed by atoms with van der Waals surface area (Å²) in [6.07, 6.45) is 4.81. The van der Waals surface area contributed by atoms with Gasteiger partial charge in [0.2, 0.25) is 0 Å². The summed E-state index contributed by atoms with van der Waals surface area (Å²) in [5.74, 6) is -3.89. The number of halogens is 6. The van der Waals surface area contributed by atoms with Crippen molar-refractivity contribution in [3.63, 3.8) is 0 Å². The van der Waals surface area contributed by atoms with Gasteiger partial charge in [-0.1, -0.05) is 36.9 Å². The fourth-order valence-corrected chi connectivity index (χ4v) is 6.75. The van der Waals surface area contributed by atoms with Crippen molar-refractivity contribution in [2.24, 2.45) is 0 Å². The van der Waals surface area contributed by atoms with Crippen LogP contribution < -0.4 is 10.0 Å². The number of thiazole rings is 1. The highest BCUT2D eigenvalue weighted by molar-refractivity contribution is 7.92. The van der Waals surface area contributed by atoms with Crippen LogP contribution in [-0.2, 0) is 16.2 Å². The molecule has 1 aliphatic rings. The Labute approximate surface area is 258 Å². The van der Waals surface area contributed by atoms with E-state index in [9.17, 15) is 30.4 Å². The van der Waals surface area contributed by atoms with Gasteiger partial charge in [-0.15, -0.1) is 11.3 Å². The number of nitrogens with zero attached hydrogens (tertiary/aromatic N) is 2. The van der Waals surface area contributed by atoms with E-state index in [4.69, 9.17) is 0 Å². The summed E-state index contributed by atoms with van der Waals surface area (Å²) in [6.45, 7) is 4.06. The van der Waals surface area contributed by atoms with Gasteiger partial charge in [0.15, 0.2) is 10.7 Å². The van der Waals surface area contributed by atoms with E-state index in [0.29, 0.717) is 34.3 Å². The van der Waals surface area contributed by atoms with Crippen LogP contribution in [0.1, 0.15) is 16.9 Å². The number of hydrogen-bond acceptors (Lipinski definition) is 6. The minimum atomic E-state index is -4.93. The second-order valence-corrected chi connectivity index (χ2v) is 12.2. The lowest BCUT2D eigenvalue weighted by Crippen LogP contribution is -2.17. The van der Waals surface area contributed by atoms with Gasteiger partial charge in [0, 0.05) is 36.3 Å². The Morgan fingerprint density at radius 1 is 1.02 bits per heavy atom. The first-order chi connectivity index (χ1) is 21.3. The molecule has 0 aliphatic heterocycles. The molecule has 1 aliphatic carbocycles. The lowest BCUT2D eigenvalue weighted by molar-refractivity contribution is -0.137. The van der Waals surface area contributed by atoms with Gasteiger partial charge in [0.1, 0.15) is 16.6 Å². The van der Waals surface area contributed by atoms with Gasteiger partial charge in [0.05, 0.1) is 21.8 Å². The number of anilines is 1. The van der Waals surface area contributed by atoms with E-state index in [0.717, 1.165) is 41.7 Å². The topological polar surface area (TPSA) is 84.0 Å². The Bertz CT molecular complexity index is 1990. The summed E-state index contributed by atoms with van der Waals surface area (Å²) < 4.78 is 113. The smallest absolute Gasteiger partial charge is 0.388 e. The van der Waals surface area contributed by atoms with Crippen LogP contribution in [0.4, 0.5) is 32.0 Å². The molecule has 0 atom stereocenters. The zero-order valence-corrected chi connectivity index (χ0v) is 24.8. The van der Waals surface area contributed by atoms with E-state index < -0.39 is 49.8 Å². The summed E-state index contributed by atoms with van der Waals surface area (Å²) in [7, 11) is -3.22. The molecule has 4 aromatic rings. The molecule has 0 unspecified atom stereocenters. The van der Waals surface area contributed by atoms with Crippen LogP contribution in [0.15, 0.2) is 102 Å². The second kappa shape index (κ2) is 12.4. The normalized spacial score (nSPS) is 15.8. The van der Waals surface area contributed by atoms with Gasteiger partial charge in [-0.2, -0.15) is 13.2 Å². The summed E-state index contributed by atoms with van der Waals surface area (Å²) in [5.41, 5.74) is -0.110. The number of aromatic nitrogens is 2. The first-order valence-electron chi connectivity index (χ1n) is 13.0. The molecule has 6 nitrogen and oxygen atoms in total. The van der Waals surface area contributed by atoms with Crippen LogP contribution in [0, 0.1) is 17.5 Å². The maximum absolute atomic E-state index is 16.1. The predicted octanol–water partition coefficient (Wildman–Crippen LogP) is 8.11. The van der Waals surface area contributed by atoms with Crippen LogP contribution in [0.25, 0.3) is 27.4 Å². The summed E-state index contributed by atoms with van der Waals surface area (Å²) in [4.78, 5) is 7.23. The van der Waals surface area contributed by atoms with Gasteiger partial charge in [-0.05, 0) is 54.0 Å². The maximum atomic E-state index is 16.1. The van der Waals surface area contributed by atoms with E-state index >= 15 is 4.39 Å². The third-order valence-electron chi connectivity index (χ3n) is 6.59. The molecule has 0 radical (unpaired) electrons. The Morgan fingerprint density at radius 3 is 2.42 bits per heavy atom. The van der Waals surface area contributed by atoms with Gasteiger partial charge >= 0.3 is 6.18 Å². The molecule has 0 bridgehead atoms. The van der Waals surface area contributed by atoms with Gasteiger partial charge in [-0.25, -0.2) is 26.6 Å². The van der Waals surface area contributed by atoms with Crippen LogP contribution in [0.3, 0.4) is 0 Å². The van der Waals surface area contributed by atoms with Crippen molar-refractivity contribution in [1.82, 2.24) is 15.3 Å². The molecule has 0 saturated heterocycles. The molecule has 2 aromatic heterocycles. The lowest BCUT2D eigenvalue weighted by atomic mass is 10.0. The zero-order valence-electron chi connectivity index (χ0n) is 23.2. The zero-order chi connectivity index (χ0) is 32.5. The monoisotopic (exact) mass is 660 g/mol. The number of alkyl halides is 3. The van der Waals surface area contributed by atoms with Crippen molar-refractivity contribution in [1.29, 1.82) is 0 Å². The number of rotatable bonds is 7. The van der Waals surface area contributed by atoms with Gasteiger partial charge in [-0.3, -0.25) is 9.71 Å². The molecule has 14 heteroatoms. The average Bonchev–Trinajstić information content (AvgIpc) is 3.41. The van der Waals surface area contributed by atoms with Gasteiger partial charge < -0.3 is 5.32 Å². The molecule has 45 heavy (non-hydrogen) atoms. The predicted molar refractivity (Wildman–Crippen MR) is 161 cm³/mol. The quantitative estimate of drug-likeness (QED) is 0.196. The Balaban J connectivity index is 1.68. The minimum absolute atomic E-state index is 0.0136. The highest BCUT2D eigenvalue weighted by atomic mass is 32.2. The number of pyridine rings is 1. The molecule has 0 amide bonds. The highest BCUT2D eigenvalue weighted by Crippen LogP contribution is 2.42. The molecule has 2 N–H and O–H groups in total. The molecule has 2 aromatic carbocycles. The van der Waals surface area contributed by atoms with Crippen molar-refractivity contribution in [2.75, 3.05) is 11.8 Å². The maximum Gasteiger partial charge on any atom is 0.417 e. The fourth-order valence-electron chi connectivity index (χ4n) is 4.49. The number of allylic oxidation sites excluding steroid dienone is 5. The first kappa shape index (κ1) is 31.7. The summed E-state index contributed by atoms with van der Waals surface area (Å²) in [5, 5.41) is 3.10. The molecule has 0 saturated carbocycles. The number of benzene rings is 2. The largest absolute Gasteiger partial charge is 0.417 e. The van der Waals surface area contributed by atoms with Crippen molar-refractivity contribution in [3.8, 4) is 21.8 Å².